The highest BCUT2D eigenvalue weighted by Crippen LogP contribution is 2.14. The van der Waals surface area contributed by atoms with Crippen LogP contribution in [0.25, 0.3) is 0 Å². The predicted octanol–water partition coefficient (Wildman–Crippen LogP) is 0.826. The van der Waals surface area contributed by atoms with E-state index in [2.05, 4.69) is 20.4 Å². The number of rotatable bonds is 4. The molecule has 0 aliphatic carbocycles. The smallest absolute Gasteiger partial charge is 0.283 e. The highest BCUT2D eigenvalue weighted by atomic mass is 32.1. The van der Waals surface area contributed by atoms with Crippen LogP contribution in [0.2, 0.25) is 0 Å². The van der Waals surface area contributed by atoms with Gasteiger partial charge in [-0.3, -0.25) is 20.4 Å². The molecule has 0 aliphatic heterocycles. The fourth-order valence-corrected chi connectivity index (χ4v) is 1.92. The number of ether oxygens (including phenoxy) is 1. The van der Waals surface area contributed by atoms with Gasteiger partial charge in [-0.15, -0.1) is 5.10 Å². The molecule has 0 saturated carbocycles. The summed E-state index contributed by atoms with van der Waals surface area (Å²) in [6, 6.07) is 5.70. The molecule has 1 aromatic heterocycles. The van der Waals surface area contributed by atoms with Crippen molar-refractivity contribution >= 4 is 23.3 Å². The van der Waals surface area contributed by atoms with Crippen molar-refractivity contribution in [1.82, 2.24) is 20.4 Å². The fraction of sp³-hybridized carbons (Fsp3) is 0.167. The maximum absolute atomic E-state index is 13.2. The molecule has 110 valence electrons. The molecule has 2 N–H and O–H groups in total. The van der Waals surface area contributed by atoms with Crippen LogP contribution in [0.3, 0.4) is 0 Å². The lowest BCUT2D eigenvalue weighted by Crippen LogP contribution is -2.43. The Morgan fingerprint density at radius 3 is 2.76 bits per heavy atom. The molecule has 21 heavy (non-hydrogen) atoms. The molecule has 0 fully saturated rings. The molecule has 2 aromatic rings. The lowest BCUT2D eigenvalue weighted by Gasteiger charge is -2.08. The van der Waals surface area contributed by atoms with Crippen LogP contribution in [0.5, 0.6) is 5.75 Å². The molecule has 0 aliphatic rings. The molecule has 0 radical (unpaired) electrons. The topological polar surface area (TPSA) is 93.2 Å². The van der Waals surface area contributed by atoms with E-state index in [9.17, 15) is 14.0 Å². The number of hydrazine groups is 1. The maximum atomic E-state index is 13.2. The van der Waals surface area contributed by atoms with Gasteiger partial charge in [0, 0.05) is 0 Å². The van der Waals surface area contributed by atoms with Crippen LogP contribution in [-0.2, 0) is 4.79 Å². The summed E-state index contributed by atoms with van der Waals surface area (Å²) in [5.74, 6) is -1.76. The van der Waals surface area contributed by atoms with Crippen molar-refractivity contribution in [3.05, 3.63) is 40.7 Å². The highest BCUT2D eigenvalue weighted by molar-refractivity contribution is 7.07. The molecular formula is C12H11FN4O3S. The maximum Gasteiger partial charge on any atom is 0.283 e. The lowest BCUT2D eigenvalue weighted by molar-refractivity contribution is -0.123. The number of halogens is 1. The third-order valence-corrected chi connectivity index (χ3v) is 3.20. The van der Waals surface area contributed by atoms with Gasteiger partial charge in [0.05, 0.1) is 5.69 Å². The minimum Gasteiger partial charge on any atom is -0.481 e. The van der Waals surface area contributed by atoms with Crippen LogP contribution in [0.1, 0.15) is 15.4 Å². The third-order valence-electron chi connectivity index (χ3n) is 2.37. The van der Waals surface area contributed by atoms with Gasteiger partial charge in [0.15, 0.2) is 18.2 Å². The molecule has 0 unspecified atom stereocenters. The Hall–Kier alpha value is -2.55. The number of carbonyl (C=O) groups excluding carboxylic acids is 2. The van der Waals surface area contributed by atoms with Gasteiger partial charge in [-0.1, -0.05) is 16.6 Å². The molecule has 1 aromatic carbocycles. The molecule has 0 bridgehead atoms. The van der Waals surface area contributed by atoms with Crippen molar-refractivity contribution in [2.45, 2.75) is 6.92 Å². The second kappa shape index (κ2) is 6.75. The Morgan fingerprint density at radius 1 is 1.33 bits per heavy atom. The second-order valence-corrected chi connectivity index (χ2v) is 4.66. The summed E-state index contributed by atoms with van der Waals surface area (Å²) in [4.78, 5) is 23.4. The molecule has 2 rings (SSSR count). The average molecular weight is 310 g/mol. The first-order valence-electron chi connectivity index (χ1n) is 5.83. The summed E-state index contributed by atoms with van der Waals surface area (Å²) in [7, 11) is 0. The number of nitrogens with zero attached hydrogens (tertiary/aromatic N) is 2. The van der Waals surface area contributed by atoms with Crippen molar-refractivity contribution in [2.24, 2.45) is 0 Å². The molecule has 0 atom stereocenters. The summed E-state index contributed by atoms with van der Waals surface area (Å²) >= 11 is 0.916. The van der Waals surface area contributed by atoms with E-state index in [1.54, 1.807) is 13.0 Å². The van der Waals surface area contributed by atoms with E-state index in [4.69, 9.17) is 4.74 Å². The normalized spacial score (nSPS) is 10.0. The number of hydrogen-bond donors (Lipinski definition) is 2. The summed E-state index contributed by atoms with van der Waals surface area (Å²) in [6.45, 7) is 1.20. The lowest BCUT2D eigenvalue weighted by atomic mass is 10.3. The highest BCUT2D eigenvalue weighted by Gasteiger charge is 2.14. The van der Waals surface area contributed by atoms with Crippen molar-refractivity contribution in [3.63, 3.8) is 0 Å². The largest absolute Gasteiger partial charge is 0.481 e. The van der Waals surface area contributed by atoms with Gasteiger partial charge >= 0.3 is 0 Å². The third kappa shape index (κ3) is 3.96. The summed E-state index contributed by atoms with van der Waals surface area (Å²) < 4.78 is 21.8. The molecule has 9 heteroatoms. The van der Waals surface area contributed by atoms with Gasteiger partial charge in [0.1, 0.15) is 4.88 Å². The van der Waals surface area contributed by atoms with Crippen molar-refractivity contribution in [1.29, 1.82) is 0 Å². The Bertz CT molecular complexity index is 661. The van der Waals surface area contributed by atoms with Crippen LogP contribution in [0.15, 0.2) is 24.3 Å². The predicted molar refractivity (Wildman–Crippen MR) is 72.1 cm³/mol. The first-order valence-corrected chi connectivity index (χ1v) is 6.60. The van der Waals surface area contributed by atoms with Gasteiger partial charge < -0.3 is 4.74 Å². The first-order chi connectivity index (χ1) is 10.1. The van der Waals surface area contributed by atoms with Crippen LogP contribution >= 0.6 is 11.5 Å². The van der Waals surface area contributed by atoms with Gasteiger partial charge in [-0.2, -0.15) is 0 Å². The van der Waals surface area contributed by atoms with Crippen LogP contribution < -0.4 is 15.6 Å². The van der Waals surface area contributed by atoms with Crippen molar-refractivity contribution in [3.8, 4) is 5.75 Å². The number of amides is 2. The van der Waals surface area contributed by atoms with E-state index >= 15 is 0 Å². The number of aromatic nitrogens is 2. The Labute approximate surface area is 123 Å². The van der Waals surface area contributed by atoms with Crippen LogP contribution in [-0.4, -0.2) is 28.0 Å². The summed E-state index contributed by atoms with van der Waals surface area (Å²) in [6.07, 6.45) is 0. The van der Waals surface area contributed by atoms with E-state index in [0.717, 1.165) is 11.5 Å². The fourth-order valence-electron chi connectivity index (χ4n) is 1.36. The van der Waals surface area contributed by atoms with Crippen LogP contribution in [0.4, 0.5) is 4.39 Å². The Kier molecular flexibility index (Phi) is 4.77. The second-order valence-electron chi connectivity index (χ2n) is 3.91. The van der Waals surface area contributed by atoms with Crippen molar-refractivity contribution in [2.75, 3.05) is 6.61 Å². The van der Waals surface area contributed by atoms with Gasteiger partial charge in [-0.25, -0.2) is 4.39 Å². The zero-order chi connectivity index (χ0) is 15.2. The molecular weight excluding hydrogens is 299 g/mol. The van der Waals surface area contributed by atoms with E-state index < -0.39 is 24.2 Å². The van der Waals surface area contributed by atoms with Crippen LogP contribution in [0, 0.1) is 12.7 Å². The first kappa shape index (κ1) is 14.9. The minimum atomic E-state index is -0.623. The number of carbonyl (C=O) groups is 2. The molecule has 2 amide bonds. The minimum absolute atomic E-state index is 0.0403. The van der Waals surface area contributed by atoms with E-state index in [1.165, 1.54) is 18.2 Å². The summed E-state index contributed by atoms with van der Waals surface area (Å²) in [5, 5.41) is 3.68. The molecule has 0 saturated heterocycles. The average Bonchev–Trinajstić information content (AvgIpc) is 2.90. The number of nitrogens with one attached hydrogen (secondary N) is 2. The number of hydrogen-bond acceptors (Lipinski definition) is 6. The number of benzene rings is 1. The quantitative estimate of drug-likeness (QED) is 0.816. The van der Waals surface area contributed by atoms with Crippen molar-refractivity contribution < 1.29 is 18.7 Å². The van der Waals surface area contributed by atoms with E-state index in [0.29, 0.717) is 10.6 Å². The molecule has 7 nitrogen and oxygen atoms in total. The zero-order valence-corrected chi connectivity index (χ0v) is 11.7. The molecule has 0 spiro atoms. The Balaban J connectivity index is 1.79. The van der Waals surface area contributed by atoms with E-state index in [1.807, 2.05) is 0 Å². The van der Waals surface area contributed by atoms with Gasteiger partial charge in [0.25, 0.3) is 11.8 Å². The monoisotopic (exact) mass is 310 g/mol. The SMILES string of the molecule is Cc1nnsc1C(=O)NNC(=O)COc1ccccc1F. The number of aryl methyl sites for hydroxylation is 1. The zero-order valence-electron chi connectivity index (χ0n) is 10.9. The van der Waals surface area contributed by atoms with Gasteiger partial charge in [-0.05, 0) is 30.6 Å². The standard InChI is InChI=1S/C12H11FN4O3S/c1-7-11(21-17-14-7)12(19)16-15-10(18)6-20-9-5-3-2-4-8(9)13/h2-5H,6H2,1H3,(H,15,18)(H,16,19). The van der Waals surface area contributed by atoms with E-state index in [-0.39, 0.29) is 5.75 Å². The molecule has 1 heterocycles. The Morgan fingerprint density at radius 2 is 2.10 bits per heavy atom. The number of para-hydroxylation sites is 1. The van der Waals surface area contributed by atoms with Gasteiger partial charge in [0.2, 0.25) is 0 Å². The summed E-state index contributed by atoms with van der Waals surface area (Å²) in [5.41, 5.74) is 4.81.